The number of hydrogen-bond donors (Lipinski definition) is 1. The zero-order valence-electron chi connectivity index (χ0n) is 18.9. The number of likely N-dealkylation sites (tertiary alicyclic amines) is 2. The van der Waals surface area contributed by atoms with Crippen molar-refractivity contribution in [3.05, 3.63) is 71.4 Å². The van der Waals surface area contributed by atoms with Gasteiger partial charge in [-0.3, -0.25) is 9.88 Å². The monoisotopic (exact) mass is 428 g/mol. The third-order valence-corrected chi connectivity index (χ3v) is 6.91. The second-order valence-electron chi connectivity index (χ2n) is 9.30. The third-order valence-electron chi connectivity index (χ3n) is 6.91. The molecule has 1 N–H and O–H groups in total. The molecule has 0 aliphatic carbocycles. The summed E-state index contributed by atoms with van der Waals surface area (Å²) in [7, 11) is 0. The lowest BCUT2D eigenvalue weighted by Crippen LogP contribution is -2.40. The van der Waals surface area contributed by atoms with Crippen LogP contribution in [-0.2, 0) is 6.54 Å². The second-order valence-corrected chi connectivity index (χ2v) is 9.30. The Balaban J connectivity index is 1.18. The molecule has 0 radical (unpaired) electrons. The molecule has 0 bridgehead atoms. The van der Waals surface area contributed by atoms with Crippen molar-refractivity contribution in [3.63, 3.8) is 0 Å². The van der Waals surface area contributed by atoms with Crippen molar-refractivity contribution in [2.24, 2.45) is 0 Å². The van der Waals surface area contributed by atoms with E-state index < -0.39 is 0 Å². The summed E-state index contributed by atoms with van der Waals surface area (Å²) in [4.78, 5) is 22.1. The number of anilines is 1. The van der Waals surface area contributed by atoms with Crippen LogP contribution in [0.1, 0.15) is 48.4 Å². The average molecular weight is 429 g/mol. The minimum atomic E-state index is -0.00896. The lowest BCUT2D eigenvalue weighted by molar-refractivity contribution is 0.194. The Bertz CT molecular complexity index is 1080. The van der Waals surface area contributed by atoms with E-state index in [4.69, 9.17) is 4.98 Å². The maximum absolute atomic E-state index is 12.8. The van der Waals surface area contributed by atoms with Gasteiger partial charge in [0.25, 0.3) is 0 Å². The van der Waals surface area contributed by atoms with Crippen LogP contribution in [0, 0.1) is 6.92 Å². The fraction of sp³-hybridized carbons (Fsp3) is 0.407. The standard InChI is InChI=1S/C27H32N4O/c1-20-4-6-21(7-5-20)22-12-16-31(17-13-22)27(32)29-24-10-11-26-23(18-24)8-9-25(28-26)19-30-14-2-3-15-30/h4-11,18,22H,2-3,12-17,19H2,1H3,(H,29,32). The number of carbonyl (C=O) groups is 1. The molecule has 2 aromatic carbocycles. The van der Waals surface area contributed by atoms with Gasteiger partial charge in [-0.2, -0.15) is 0 Å². The van der Waals surface area contributed by atoms with Gasteiger partial charge in [-0.05, 0) is 81.4 Å². The van der Waals surface area contributed by atoms with E-state index in [1.807, 2.05) is 23.1 Å². The largest absolute Gasteiger partial charge is 0.324 e. The van der Waals surface area contributed by atoms with Crippen molar-refractivity contribution in [2.45, 2.75) is 45.1 Å². The number of aryl methyl sites for hydroxylation is 1. The molecule has 2 fully saturated rings. The number of nitrogens with one attached hydrogen (secondary N) is 1. The predicted octanol–water partition coefficient (Wildman–Crippen LogP) is 5.55. The highest BCUT2D eigenvalue weighted by atomic mass is 16.2. The Morgan fingerprint density at radius 3 is 2.47 bits per heavy atom. The Kier molecular flexibility index (Phi) is 6.08. The van der Waals surface area contributed by atoms with E-state index in [9.17, 15) is 4.79 Å². The van der Waals surface area contributed by atoms with E-state index in [-0.39, 0.29) is 6.03 Å². The van der Waals surface area contributed by atoms with Crippen LogP contribution in [0.3, 0.4) is 0 Å². The zero-order valence-corrected chi connectivity index (χ0v) is 18.9. The molecule has 32 heavy (non-hydrogen) atoms. The summed E-state index contributed by atoms with van der Waals surface area (Å²) in [6.07, 6.45) is 4.61. The molecular formula is C27H32N4O. The lowest BCUT2D eigenvalue weighted by Gasteiger charge is -2.32. The second kappa shape index (κ2) is 9.29. The number of amides is 2. The third kappa shape index (κ3) is 4.78. The van der Waals surface area contributed by atoms with Crippen LogP contribution in [0.15, 0.2) is 54.6 Å². The van der Waals surface area contributed by atoms with Crippen molar-refractivity contribution in [1.82, 2.24) is 14.8 Å². The Hall–Kier alpha value is -2.92. The molecule has 0 saturated carbocycles. The van der Waals surface area contributed by atoms with Crippen LogP contribution in [0.2, 0.25) is 0 Å². The first-order valence-corrected chi connectivity index (χ1v) is 11.9. The van der Waals surface area contributed by atoms with Gasteiger partial charge in [-0.25, -0.2) is 4.79 Å². The molecule has 0 unspecified atom stereocenters. The van der Waals surface area contributed by atoms with Crippen molar-refractivity contribution >= 4 is 22.6 Å². The smallest absolute Gasteiger partial charge is 0.321 e. The number of pyridine rings is 1. The summed E-state index contributed by atoms with van der Waals surface area (Å²) in [5.74, 6) is 0.543. The highest BCUT2D eigenvalue weighted by Gasteiger charge is 2.24. The fourth-order valence-corrected chi connectivity index (χ4v) is 4.96. The summed E-state index contributed by atoms with van der Waals surface area (Å²) in [6.45, 7) is 6.97. The zero-order chi connectivity index (χ0) is 21.9. The Morgan fingerprint density at radius 1 is 0.969 bits per heavy atom. The average Bonchev–Trinajstić information content (AvgIpc) is 3.33. The number of piperidine rings is 1. The fourth-order valence-electron chi connectivity index (χ4n) is 4.96. The number of benzene rings is 2. The van der Waals surface area contributed by atoms with Crippen molar-refractivity contribution in [2.75, 3.05) is 31.5 Å². The number of hydrogen-bond acceptors (Lipinski definition) is 3. The maximum Gasteiger partial charge on any atom is 0.321 e. The molecule has 3 heterocycles. The van der Waals surface area contributed by atoms with E-state index in [0.717, 1.165) is 54.8 Å². The van der Waals surface area contributed by atoms with Crippen molar-refractivity contribution in [1.29, 1.82) is 0 Å². The van der Waals surface area contributed by atoms with E-state index in [1.165, 1.54) is 37.1 Å². The van der Waals surface area contributed by atoms with Crippen LogP contribution in [0.4, 0.5) is 10.5 Å². The van der Waals surface area contributed by atoms with Crippen LogP contribution in [0.5, 0.6) is 0 Å². The maximum atomic E-state index is 12.8. The molecule has 2 amide bonds. The van der Waals surface area contributed by atoms with E-state index in [0.29, 0.717) is 5.92 Å². The number of nitrogens with zero attached hydrogens (tertiary/aromatic N) is 3. The number of fused-ring (bicyclic) bond motifs is 1. The molecule has 0 spiro atoms. The van der Waals surface area contributed by atoms with Gasteiger partial charge < -0.3 is 10.2 Å². The summed E-state index contributed by atoms with van der Waals surface area (Å²) in [6, 6.07) is 19.1. The SMILES string of the molecule is Cc1ccc(C2CCN(C(=O)Nc3ccc4nc(CN5CCCC5)ccc4c3)CC2)cc1. The van der Waals surface area contributed by atoms with Crippen LogP contribution in [-0.4, -0.2) is 47.0 Å². The van der Waals surface area contributed by atoms with Gasteiger partial charge in [0, 0.05) is 30.7 Å². The van der Waals surface area contributed by atoms with Crippen LogP contribution in [0.25, 0.3) is 10.9 Å². The Labute approximate surface area is 190 Å². The van der Waals surface area contributed by atoms with Gasteiger partial charge in [0.15, 0.2) is 0 Å². The van der Waals surface area contributed by atoms with Gasteiger partial charge in [0.2, 0.25) is 0 Å². The van der Waals surface area contributed by atoms with E-state index in [2.05, 4.69) is 53.5 Å². The lowest BCUT2D eigenvalue weighted by atomic mass is 9.89. The first kappa shape index (κ1) is 21.0. The molecule has 5 rings (SSSR count). The molecule has 5 nitrogen and oxygen atoms in total. The number of urea groups is 1. The molecular weight excluding hydrogens is 396 g/mol. The normalized spacial score (nSPS) is 17.7. The summed E-state index contributed by atoms with van der Waals surface area (Å²) >= 11 is 0. The van der Waals surface area contributed by atoms with E-state index in [1.54, 1.807) is 0 Å². The van der Waals surface area contributed by atoms with Crippen molar-refractivity contribution in [3.8, 4) is 0 Å². The molecule has 5 heteroatoms. The number of rotatable bonds is 4. The molecule has 1 aromatic heterocycles. The molecule has 2 aliphatic heterocycles. The topological polar surface area (TPSA) is 48.5 Å². The number of aromatic nitrogens is 1. The van der Waals surface area contributed by atoms with E-state index >= 15 is 0 Å². The van der Waals surface area contributed by atoms with Crippen LogP contribution >= 0.6 is 0 Å². The summed E-state index contributed by atoms with van der Waals surface area (Å²) in [5, 5.41) is 4.15. The molecule has 2 saturated heterocycles. The Morgan fingerprint density at radius 2 is 1.72 bits per heavy atom. The molecule has 166 valence electrons. The van der Waals surface area contributed by atoms with Crippen molar-refractivity contribution < 1.29 is 4.79 Å². The molecule has 0 atom stereocenters. The van der Waals surface area contributed by atoms with Gasteiger partial charge in [0.1, 0.15) is 0 Å². The first-order valence-electron chi connectivity index (χ1n) is 11.9. The minimum absolute atomic E-state index is 0.00896. The molecule has 3 aromatic rings. The van der Waals surface area contributed by atoms with Gasteiger partial charge >= 0.3 is 6.03 Å². The highest BCUT2D eigenvalue weighted by Crippen LogP contribution is 2.28. The highest BCUT2D eigenvalue weighted by molar-refractivity contribution is 5.92. The quantitative estimate of drug-likeness (QED) is 0.593. The molecule has 2 aliphatic rings. The number of carbonyl (C=O) groups excluding carboxylic acids is 1. The van der Waals surface area contributed by atoms with Gasteiger partial charge in [0.05, 0.1) is 11.2 Å². The summed E-state index contributed by atoms with van der Waals surface area (Å²) in [5.41, 5.74) is 5.62. The minimum Gasteiger partial charge on any atom is -0.324 e. The van der Waals surface area contributed by atoms with Crippen LogP contribution < -0.4 is 5.32 Å². The summed E-state index contributed by atoms with van der Waals surface area (Å²) < 4.78 is 0. The first-order chi connectivity index (χ1) is 15.6. The predicted molar refractivity (Wildman–Crippen MR) is 130 cm³/mol. The van der Waals surface area contributed by atoms with Gasteiger partial charge in [-0.1, -0.05) is 35.9 Å². The van der Waals surface area contributed by atoms with Gasteiger partial charge in [-0.15, -0.1) is 0 Å².